The summed E-state index contributed by atoms with van der Waals surface area (Å²) in [6.45, 7) is 0. The van der Waals surface area contributed by atoms with Crippen LogP contribution in [0.15, 0.2) is 83.9 Å². The van der Waals surface area contributed by atoms with Crippen molar-refractivity contribution in [3.8, 4) is 11.6 Å². The molecular formula is C22H14N2O2. The first-order valence-electron chi connectivity index (χ1n) is 8.36. The first kappa shape index (κ1) is 14.7. The maximum Gasteiger partial charge on any atom is 0.279 e. The zero-order valence-electron chi connectivity index (χ0n) is 13.8. The average Bonchev–Trinajstić information content (AvgIpc) is 3.15. The number of hydrogen-bond donors (Lipinski definition) is 1. The summed E-state index contributed by atoms with van der Waals surface area (Å²) >= 11 is 0. The Labute approximate surface area is 149 Å². The molecule has 0 radical (unpaired) electrons. The third-order valence-corrected chi connectivity index (χ3v) is 4.72. The summed E-state index contributed by atoms with van der Waals surface area (Å²) in [5.74, 6) is -0.273. The lowest BCUT2D eigenvalue weighted by Crippen LogP contribution is -2.22. The van der Waals surface area contributed by atoms with Crippen molar-refractivity contribution in [1.29, 1.82) is 0 Å². The molecule has 1 N–H and O–H groups in total. The Balaban J connectivity index is 1.95. The maximum absolute atomic E-state index is 12.6. The van der Waals surface area contributed by atoms with Gasteiger partial charge in [-0.2, -0.15) is 0 Å². The largest absolute Gasteiger partial charge is 0.494 e. The average molecular weight is 338 g/mol. The highest BCUT2D eigenvalue weighted by Gasteiger charge is 2.27. The van der Waals surface area contributed by atoms with Crippen molar-refractivity contribution in [2.75, 3.05) is 0 Å². The molecular weight excluding hydrogens is 324 g/mol. The molecule has 0 saturated heterocycles. The van der Waals surface area contributed by atoms with Crippen molar-refractivity contribution >= 4 is 22.4 Å². The number of carbonyl (C=O) groups is 1. The van der Waals surface area contributed by atoms with Gasteiger partial charge in [-0.05, 0) is 24.3 Å². The lowest BCUT2D eigenvalue weighted by molar-refractivity contribution is -0.112. The second-order valence-electron chi connectivity index (χ2n) is 6.20. The fourth-order valence-corrected chi connectivity index (χ4v) is 3.62. The highest BCUT2D eigenvalue weighted by atomic mass is 16.3. The van der Waals surface area contributed by atoms with Gasteiger partial charge in [-0.25, -0.2) is 4.99 Å². The van der Waals surface area contributed by atoms with E-state index in [0.717, 1.165) is 21.8 Å². The lowest BCUT2D eigenvalue weighted by Gasteiger charge is -2.07. The van der Waals surface area contributed by atoms with Crippen LogP contribution in [0.1, 0.15) is 5.56 Å². The monoisotopic (exact) mass is 338 g/mol. The Kier molecular flexibility index (Phi) is 3.06. The van der Waals surface area contributed by atoms with Crippen LogP contribution < -0.4 is 10.6 Å². The van der Waals surface area contributed by atoms with E-state index in [1.807, 2.05) is 78.9 Å². The second-order valence-corrected chi connectivity index (χ2v) is 6.20. The number of para-hydroxylation sites is 3. The zero-order valence-corrected chi connectivity index (χ0v) is 13.8. The number of fused-ring (bicyclic) bond motifs is 2. The van der Waals surface area contributed by atoms with Gasteiger partial charge < -0.3 is 5.11 Å². The van der Waals surface area contributed by atoms with Crippen LogP contribution in [0.25, 0.3) is 22.2 Å². The van der Waals surface area contributed by atoms with E-state index in [9.17, 15) is 9.90 Å². The second kappa shape index (κ2) is 5.43. The molecule has 0 bridgehead atoms. The van der Waals surface area contributed by atoms with E-state index in [0.29, 0.717) is 16.5 Å². The Hall–Kier alpha value is -3.66. The molecule has 0 fully saturated rings. The molecule has 1 amide bonds. The van der Waals surface area contributed by atoms with Gasteiger partial charge in [-0.1, -0.05) is 54.6 Å². The molecule has 4 aromatic rings. The van der Waals surface area contributed by atoms with E-state index < -0.39 is 0 Å². The molecule has 1 aliphatic rings. The summed E-state index contributed by atoms with van der Waals surface area (Å²) in [5, 5.41) is 13.3. The molecule has 0 saturated carbocycles. The molecule has 4 nitrogen and oxygen atoms in total. The first-order valence-corrected chi connectivity index (χ1v) is 8.36. The summed E-state index contributed by atoms with van der Waals surface area (Å²) in [6, 6.07) is 24.7. The third kappa shape index (κ3) is 1.96. The fourth-order valence-electron chi connectivity index (χ4n) is 3.62. The van der Waals surface area contributed by atoms with Gasteiger partial charge in [0.05, 0.1) is 22.0 Å². The standard InChI is InChI=1S/C22H14N2O2/c25-21-19(15-10-4-6-12-17(15)23-21)20-16-11-5-7-13-18(16)24(22(20)26)14-8-2-1-3-9-14/h1-13,26H. The Morgan fingerprint density at radius 1 is 0.808 bits per heavy atom. The molecule has 124 valence electrons. The molecule has 1 aliphatic heterocycles. The molecule has 4 heteroatoms. The van der Waals surface area contributed by atoms with Gasteiger partial charge in [-0.15, -0.1) is 0 Å². The van der Waals surface area contributed by atoms with Gasteiger partial charge in [0.2, 0.25) is 5.88 Å². The molecule has 0 spiro atoms. The van der Waals surface area contributed by atoms with Gasteiger partial charge in [0.25, 0.3) is 5.91 Å². The molecule has 2 heterocycles. The van der Waals surface area contributed by atoms with Crippen molar-refractivity contribution in [3.05, 3.63) is 95.0 Å². The Bertz CT molecular complexity index is 1300. The summed E-state index contributed by atoms with van der Waals surface area (Å²) in [7, 11) is 0. The number of rotatable bonds is 2. The Morgan fingerprint density at radius 3 is 2.35 bits per heavy atom. The summed E-state index contributed by atoms with van der Waals surface area (Å²) < 4.78 is 1.77. The van der Waals surface area contributed by atoms with Gasteiger partial charge >= 0.3 is 0 Å². The van der Waals surface area contributed by atoms with Crippen molar-refractivity contribution in [3.63, 3.8) is 0 Å². The molecule has 0 aliphatic carbocycles. The van der Waals surface area contributed by atoms with E-state index in [4.69, 9.17) is 0 Å². The molecule has 26 heavy (non-hydrogen) atoms. The number of amides is 1. The molecule has 1 aromatic heterocycles. The van der Waals surface area contributed by atoms with Crippen molar-refractivity contribution in [2.24, 2.45) is 4.99 Å². The van der Waals surface area contributed by atoms with Crippen LogP contribution in [-0.2, 0) is 4.79 Å². The minimum atomic E-state index is -0.322. The van der Waals surface area contributed by atoms with Crippen molar-refractivity contribution in [2.45, 2.75) is 0 Å². The van der Waals surface area contributed by atoms with Gasteiger partial charge in [-0.3, -0.25) is 9.36 Å². The highest BCUT2D eigenvalue weighted by Crippen LogP contribution is 2.38. The topological polar surface area (TPSA) is 54.6 Å². The SMILES string of the molecule is O=C1N=c2ccccc2=C1c1c(O)n(-c2ccccc2)c2ccccc12. The number of aromatic nitrogens is 1. The third-order valence-electron chi connectivity index (χ3n) is 4.72. The molecule has 0 unspecified atom stereocenters. The van der Waals surface area contributed by atoms with E-state index in [1.54, 1.807) is 4.57 Å². The predicted octanol–water partition coefficient (Wildman–Crippen LogP) is 2.69. The van der Waals surface area contributed by atoms with Crippen molar-refractivity contribution in [1.82, 2.24) is 4.57 Å². The summed E-state index contributed by atoms with van der Waals surface area (Å²) in [4.78, 5) is 16.8. The van der Waals surface area contributed by atoms with E-state index in [1.165, 1.54) is 0 Å². The molecule has 3 aromatic carbocycles. The van der Waals surface area contributed by atoms with Crippen LogP contribution in [0, 0.1) is 0 Å². The van der Waals surface area contributed by atoms with Crippen molar-refractivity contribution < 1.29 is 9.90 Å². The van der Waals surface area contributed by atoms with Crippen LogP contribution in [0.4, 0.5) is 0 Å². The fraction of sp³-hybridized carbons (Fsp3) is 0. The number of carbonyl (C=O) groups excluding carboxylic acids is 1. The van der Waals surface area contributed by atoms with Crippen LogP contribution in [0.5, 0.6) is 5.88 Å². The zero-order chi connectivity index (χ0) is 17.7. The number of aromatic hydroxyl groups is 1. The van der Waals surface area contributed by atoms with Gasteiger partial charge in [0, 0.05) is 16.3 Å². The van der Waals surface area contributed by atoms with Crippen LogP contribution >= 0.6 is 0 Å². The minimum absolute atomic E-state index is 0.0488. The first-order chi connectivity index (χ1) is 12.8. The smallest absolute Gasteiger partial charge is 0.279 e. The van der Waals surface area contributed by atoms with Crippen LogP contribution in [0.2, 0.25) is 0 Å². The highest BCUT2D eigenvalue weighted by molar-refractivity contribution is 6.25. The predicted molar refractivity (Wildman–Crippen MR) is 99.7 cm³/mol. The normalized spacial score (nSPS) is 13.1. The van der Waals surface area contributed by atoms with Crippen LogP contribution in [-0.4, -0.2) is 15.6 Å². The van der Waals surface area contributed by atoms with Crippen LogP contribution in [0.3, 0.4) is 0 Å². The Morgan fingerprint density at radius 2 is 1.50 bits per heavy atom. The minimum Gasteiger partial charge on any atom is -0.494 e. The number of benzene rings is 3. The summed E-state index contributed by atoms with van der Waals surface area (Å²) in [6.07, 6.45) is 0. The number of hydrogen-bond acceptors (Lipinski definition) is 2. The molecule has 0 atom stereocenters. The maximum atomic E-state index is 12.6. The molecule has 5 rings (SSSR count). The number of nitrogens with zero attached hydrogens (tertiary/aromatic N) is 2. The van der Waals surface area contributed by atoms with Gasteiger partial charge in [0.15, 0.2) is 0 Å². The summed E-state index contributed by atoms with van der Waals surface area (Å²) in [5.41, 5.74) is 2.66. The van der Waals surface area contributed by atoms with E-state index in [2.05, 4.69) is 4.99 Å². The lowest BCUT2D eigenvalue weighted by atomic mass is 10.0. The van der Waals surface area contributed by atoms with Gasteiger partial charge in [0.1, 0.15) is 0 Å². The van der Waals surface area contributed by atoms with E-state index >= 15 is 0 Å². The quantitative estimate of drug-likeness (QED) is 0.611. The van der Waals surface area contributed by atoms with E-state index in [-0.39, 0.29) is 11.8 Å².